The molecule has 8 aromatic carbocycles. The number of nitriles is 3. The van der Waals surface area contributed by atoms with Gasteiger partial charge in [0, 0.05) is 49.1 Å². The van der Waals surface area contributed by atoms with Gasteiger partial charge in [0.2, 0.25) is 0 Å². The Kier molecular flexibility index (Phi) is 6.95. The standard InChI is InChI=1S/C51H28N6/c52-29-32-20-23-48-41(26-32)42-27-33(30-53)21-24-49(42)55(48)35-22-25-50-43(28-35)39-14-4-8-19-47(39)57(50)51-34(31-54)10-9-15-40(51)38-13-3-7-18-46(38)56-44-16-5-1-11-36(44)37-12-2-6-17-45(37)56/h1-28H. The third-order valence-electron chi connectivity index (χ3n) is 11.3. The zero-order chi connectivity index (χ0) is 38.2. The van der Waals surface area contributed by atoms with Crippen LogP contribution in [0.3, 0.4) is 0 Å². The second-order valence-corrected chi connectivity index (χ2v) is 14.3. The summed E-state index contributed by atoms with van der Waals surface area (Å²) in [5.41, 5.74) is 12.5. The van der Waals surface area contributed by atoms with Gasteiger partial charge in [0.15, 0.2) is 0 Å². The van der Waals surface area contributed by atoms with Crippen molar-refractivity contribution in [2.45, 2.75) is 0 Å². The average Bonchev–Trinajstić information content (AvgIpc) is 3.90. The van der Waals surface area contributed by atoms with Crippen molar-refractivity contribution in [2.75, 3.05) is 0 Å². The van der Waals surface area contributed by atoms with E-state index in [0.29, 0.717) is 16.7 Å². The van der Waals surface area contributed by atoms with Crippen LogP contribution in [0.1, 0.15) is 16.7 Å². The molecule has 0 aliphatic rings. The van der Waals surface area contributed by atoms with Crippen LogP contribution in [0.5, 0.6) is 0 Å². The van der Waals surface area contributed by atoms with Crippen molar-refractivity contribution in [3.05, 3.63) is 187 Å². The maximum absolute atomic E-state index is 10.8. The highest BCUT2D eigenvalue weighted by Crippen LogP contribution is 2.43. The van der Waals surface area contributed by atoms with Crippen molar-refractivity contribution in [2.24, 2.45) is 0 Å². The smallest absolute Gasteiger partial charge is 0.101 e. The van der Waals surface area contributed by atoms with Crippen molar-refractivity contribution >= 4 is 65.4 Å². The summed E-state index contributed by atoms with van der Waals surface area (Å²) in [6.45, 7) is 0. The van der Waals surface area contributed by atoms with Crippen LogP contribution in [0.2, 0.25) is 0 Å². The Morgan fingerprint density at radius 2 is 0.807 bits per heavy atom. The molecule has 0 unspecified atom stereocenters. The van der Waals surface area contributed by atoms with E-state index in [-0.39, 0.29) is 0 Å². The Morgan fingerprint density at radius 1 is 0.333 bits per heavy atom. The predicted octanol–water partition coefficient (Wildman–Crippen LogP) is 12.3. The number of nitrogens with zero attached hydrogens (tertiary/aromatic N) is 6. The summed E-state index contributed by atoms with van der Waals surface area (Å²) in [5, 5.41) is 36.6. The first-order chi connectivity index (χ1) is 28.2. The van der Waals surface area contributed by atoms with Gasteiger partial charge in [0.1, 0.15) is 6.07 Å². The molecule has 0 spiro atoms. The minimum Gasteiger partial charge on any atom is -0.309 e. The fourth-order valence-electron chi connectivity index (χ4n) is 8.95. The predicted molar refractivity (Wildman–Crippen MR) is 229 cm³/mol. The molecule has 0 amide bonds. The normalized spacial score (nSPS) is 11.5. The Balaban J connectivity index is 1.19. The first-order valence-electron chi connectivity index (χ1n) is 18.7. The second kappa shape index (κ2) is 12.3. The van der Waals surface area contributed by atoms with Crippen LogP contribution in [0.15, 0.2) is 170 Å². The molecule has 0 saturated heterocycles. The van der Waals surface area contributed by atoms with E-state index in [1.54, 1.807) is 0 Å². The monoisotopic (exact) mass is 724 g/mol. The van der Waals surface area contributed by atoms with E-state index in [0.717, 1.165) is 82.8 Å². The topological polar surface area (TPSA) is 86.2 Å². The number of hydrogen-bond acceptors (Lipinski definition) is 3. The molecule has 0 fully saturated rings. The van der Waals surface area contributed by atoms with E-state index >= 15 is 0 Å². The molecule has 11 aromatic rings. The first-order valence-corrected chi connectivity index (χ1v) is 18.7. The fraction of sp³-hybridized carbons (Fsp3) is 0. The van der Waals surface area contributed by atoms with Crippen molar-refractivity contribution < 1.29 is 0 Å². The number of hydrogen-bond donors (Lipinski definition) is 0. The molecule has 6 nitrogen and oxygen atoms in total. The van der Waals surface area contributed by atoms with E-state index in [1.807, 2.05) is 54.6 Å². The van der Waals surface area contributed by atoms with Crippen LogP contribution in [0, 0.1) is 34.0 Å². The Hall–Kier alpha value is -8.37. The molecule has 3 aromatic heterocycles. The summed E-state index contributed by atoms with van der Waals surface area (Å²) in [4.78, 5) is 0. The summed E-state index contributed by atoms with van der Waals surface area (Å²) in [6, 6.07) is 64.9. The first kappa shape index (κ1) is 32.1. The molecule has 3 heterocycles. The third-order valence-corrected chi connectivity index (χ3v) is 11.3. The van der Waals surface area contributed by atoms with Crippen LogP contribution < -0.4 is 0 Å². The zero-order valence-electron chi connectivity index (χ0n) is 30.3. The van der Waals surface area contributed by atoms with Crippen LogP contribution >= 0.6 is 0 Å². The fourth-order valence-corrected chi connectivity index (χ4v) is 8.95. The molecule has 0 radical (unpaired) electrons. The molecule has 0 saturated carbocycles. The molecular weight excluding hydrogens is 697 g/mol. The number of benzene rings is 8. The van der Waals surface area contributed by atoms with Crippen LogP contribution in [-0.2, 0) is 0 Å². The van der Waals surface area contributed by atoms with Gasteiger partial charge in [-0.05, 0) is 84.9 Å². The Morgan fingerprint density at radius 3 is 1.42 bits per heavy atom. The molecule has 0 atom stereocenters. The molecular formula is C51H28N6. The number of rotatable bonds is 4. The molecule has 0 aliphatic heterocycles. The lowest BCUT2D eigenvalue weighted by Gasteiger charge is -2.19. The maximum Gasteiger partial charge on any atom is 0.101 e. The van der Waals surface area contributed by atoms with Crippen molar-refractivity contribution in [3.8, 4) is 46.4 Å². The molecule has 0 N–H and O–H groups in total. The van der Waals surface area contributed by atoms with Crippen molar-refractivity contribution in [3.63, 3.8) is 0 Å². The summed E-state index contributed by atoms with van der Waals surface area (Å²) >= 11 is 0. The summed E-state index contributed by atoms with van der Waals surface area (Å²) < 4.78 is 6.79. The van der Waals surface area contributed by atoms with E-state index in [1.165, 1.54) is 10.8 Å². The zero-order valence-corrected chi connectivity index (χ0v) is 30.3. The lowest BCUT2D eigenvalue weighted by Crippen LogP contribution is -2.03. The lowest BCUT2D eigenvalue weighted by atomic mass is 9.98. The van der Waals surface area contributed by atoms with Gasteiger partial charge in [0.05, 0.1) is 73.3 Å². The largest absolute Gasteiger partial charge is 0.309 e. The highest BCUT2D eigenvalue weighted by atomic mass is 15.0. The summed E-state index contributed by atoms with van der Waals surface area (Å²) in [7, 11) is 0. The van der Waals surface area contributed by atoms with Gasteiger partial charge >= 0.3 is 0 Å². The van der Waals surface area contributed by atoms with E-state index in [2.05, 4.69) is 147 Å². The molecule has 11 rings (SSSR count). The number of para-hydroxylation sites is 5. The van der Waals surface area contributed by atoms with Gasteiger partial charge < -0.3 is 13.7 Å². The average molecular weight is 725 g/mol. The van der Waals surface area contributed by atoms with Gasteiger partial charge in [-0.1, -0.05) is 84.9 Å². The van der Waals surface area contributed by atoms with Crippen LogP contribution in [-0.4, -0.2) is 13.7 Å². The Bertz CT molecular complexity index is 3500. The summed E-state index contributed by atoms with van der Waals surface area (Å²) in [6.07, 6.45) is 0. The lowest BCUT2D eigenvalue weighted by molar-refractivity contribution is 1.15. The maximum atomic E-state index is 10.8. The third kappa shape index (κ3) is 4.61. The van der Waals surface area contributed by atoms with Gasteiger partial charge in [-0.3, -0.25) is 0 Å². The van der Waals surface area contributed by atoms with Crippen molar-refractivity contribution in [1.82, 2.24) is 13.7 Å². The molecule has 57 heavy (non-hydrogen) atoms. The van der Waals surface area contributed by atoms with E-state index in [4.69, 9.17) is 0 Å². The SMILES string of the molecule is N#Cc1ccc2c(c1)c1cc(C#N)ccc1n2-c1ccc2c(c1)c1ccccc1n2-c1c(C#N)cccc1-c1ccccc1-n1c2ccccc2c2ccccc21. The van der Waals surface area contributed by atoms with Crippen LogP contribution in [0.25, 0.3) is 93.6 Å². The highest BCUT2D eigenvalue weighted by Gasteiger charge is 2.23. The molecule has 0 aliphatic carbocycles. The molecule has 6 heteroatoms. The Labute approximate surface area is 326 Å². The second-order valence-electron chi connectivity index (χ2n) is 14.3. The van der Waals surface area contributed by atoms with E-state index < -0.39 is 0 Å². The van der Waals surface area contributed by atoms with Gasteiger partial charge in [-0.2, -0.15) is 15.8 Å². The highest BCUT2D eigenvalue weighted by molar-refractivity contribution is 6.14. The van der Waals surface area contributed by atoms with E-state index in [9.17, 15) is 15.8 Å². The minimum atomic E-state index is 0.564. The number of fused-ring (bicyclic) bond motifs is 9. The molecule has 262 valence electrons. The van der Waals surface area contributed by atoms with Gasteiger partial charge in [-0.25, -0.2) is 0 Å². The number of aromatic nitrogens is 3. The van der Waals surface area contributed by atoms with Crippen molar-refractivity contribution in [1.29, 1.82) is 15.8 Å². The van der Waals surface area contributed by atoms with Gasteiger partial charge in [0.25, 0.3) is 0 Å². The summed E-state index contributed by atoms with van der Waals surface area (Å²) in [5.74, 6) is 0. The quantitative estimate of drug-likeness (QED) is 0.181. The minimum absolute atomic E-state index is 0.564. The van der Waals surface area contributed by atoms with Gasteiger partial charge in [-0.15, -0.1) is 0 Å². The molecule has 0 bridgehead atoms. The van der Waals surface area contributed by atoms with Crippen LogP contribution in [0.4, 0.5) is 0 Å².